The molecule has 1 aromatic heterocycles. The molecule has 10 heteroatoms. The third-order valence-corrected chi connectivity index (χ3v) is 3.72. The number of benzene rings is 1. The summed E-state index contributed by atoms with van der Waals surface area (Å²) in [4.78, 5) is 26.5. The molecule has 2 aromatic rings. The summed E-state index contributed by atoms with van der Waals surface area (Å²) in [6, 6.07) is 3.30. The van der Waals surface area contributed by atoms with Crippen LogP contribution >= 0.6 is 0 Å². The number of hydrogen-bond acceptors (Lipinski definition) is 7. The van der Waals surface area contributed by atoms with Gasteiger partial charge in [-0.05, 0) is 12.1 Å². The fraction of sp³-hybridized carbons (Fsp3) is 0.375. The highest BCUT2D eigenvalue weighted by Crippen LogP contribution is 2.15. The number of amides is 1. The number of methoxy groups -OCH3 is 1. The van der Waals surface area contributed by atoms with Crippen LogP contribution in [-0.2, 0) is 11.3 Å². The second-order valence-electron chi connectivity index (χ2n) is 5.42. The summed E-state index contributed by atoms with van der Waals surface area (Å²) >= 11 is 0. The molecule has 26 heavy (non-hydrogen) atoms. The summed E-state index contributed by atoms with van der Waals surface area (Å²) < 4.78 is 37.7. The number of nitrogens with zero attached hydrogens (tertiary/aromatic N) is 4. The fourth-order valence-electron chi connectivity index (χ4n) is 2.42. The number of hydrogen-bond donors (Lipinski definition) is 1. The zero-order chi connectivity index (χ0) is 18.5. The molecular formula is C16H17F2N5O3. The van der Waals surface area contributed by atoms with E-state index in [2.05, 4.69) is 20.3 Å². The van der Waals surface area contributed by atoms with Crippen molar-refractivity contribution in [3.63, 3.8) is 0 Å². The van der Waals surface area contributed by atoms with E-state index >= 15 is 0 Å². The van der Waals surface area contributed by atoms with Crippen LogP contribution in [0.4, 0.5) is 14.7 Å². The number of carbonyl (C=O) groups excluding carboxylic acids is 1. The van der Waals surface area contributed by atoms with Gasteiger partial charge in [-0.15, -0.1) is 0 Å². The van der Waals surface area contributed by atoms with Crippen molar-refractivity contribution in [1.82, 2.24) is 20.3 Å². The Morgan fingerprint density at radius 2 is 1.92 bits per heavy atom. The van der Waals surface area contributed by atoms with E-state index in [4.69, 9.17) is 9.47 Å². The van der Waals surface area contributed by atoms with Gasteiger partial charge in [-0.1, -0.05) is 6.07 Å². The second kappa shape index (κ2) is 8.00. The molecule has 1 aliphatic heterocycles. The highest BCUT2D eigenvalue weighted by molar-refractivity contribution is 5.94. The van der Waals surface area contributed by atoms with Gasteiger partial charge in [-0.2, -0.15) is 15.0 Å². The molecule has 1 aromatic carbocycles. The van der Waals surface area contributed by atoms with Crippen LogP contribution in [-0.4, -0.2) is 54.3 Å². The fourth-order valence-corrected chi connectivity index (χ4v) is 2.42. The van der Waals surface area contributed by atoms with Crippen LogP contribution in [0.25, 0.3) is 0 Å². The molecule has 0 saturated carbocycles. The molecule has 1 fully saturated rings. The zero-order valence-corrected chi connectivity index (χ0v) is 14.0. The lowest BCUT2D eigenvalue weighted by atomic mass is 10.2. The number of carbonyl (C=O) groups is 1. The summed E-state index contributed by atoms with van der Waals surface area (Å²) in [7, 11) is 1.41. The normalized spacial score (nSPS) is 14.2. The third-order valence-electron chi connectivity index (χ3n) is 3.72. The maximum Gasteiger partial charge on any atom is 0.321 e. The lowest BCUT2D eigenvalue weighted by molar-refractivity contribution is 0.0941. The highest BCUT2D eigenvalue weighted by atomic mass is 19.1. The van der Waals surface area contributed by atoms with E-state index in [1.807, 2.05) is 4.90 Å². The molecule has 1 N–H and O–H groups in total. The number of aromatic nitrogens is 3. The van der Waals surface area contributed by atoms with Crippen LogP contribution in [0.3, 0.4) is 0 Å². The van der Waals surface area contributed by atoms with Gasteiger partial charge in [0.05, 0.1) is 26.9 Å². The van der Waals surface area contributed by atoms with Gasteiger partial charge < -0.3 is 19.7 Å². The Labute approximate surface area is 148 Å². The van der Waals surface area contributed by atoms with Crippen molar-refractivity contribution in [3.05, 3.63) is 41.2 Å². The molecule has 1 saturated heterocycles. The minimum Gasteiger partial charge on any atom is -0.467 e. The first-order valence-corrected chi connectivity index (χ1v) is 7.92. The lowest BCUT2D eigenvalue weighted by Crippen LogP contribution is -2.37. The van der Waals surface area contributed by atoms with Gasteiger partial charge >= 0.3 is 6.01 Å². The van der Waals surface area contributed by atoms with E-state index in [1.165, 1.54) is 13.2 Å². The van der Waals surface area contributed by atoms with Crippen LogP contribution in [0.15, 0.2) is 18.2 Å². The van der Waals surface area contributed by atoms with E-state index in [0.29, 0.717) is 32.3 Å². The Morgan fingerprint density at radius 3 is 2.58 bits per heavy atom. The van der Waals surface area contributed by atoms with Crippen LogP contribution in [0.1, 0.15) is 16.2 Å². The van der Waals surface area contributed by atoms with Crippen LogP contribution < -0.4 is 15.0 Å². The van der Waals surface area contributed by atoms with E-state index in [9.17, 15) is 13.6 Å². The van der Waals surface area contributed by atoms with E-state index in [0.717, 1.165) is 12.1 Å². The number of ether oxygens (including phenoxy) is 2. The third kappa shape index (κ3) is 4.02. The molecule has 2 heterocycles. The van der Waals surface area contributed by atoms with Crippen molar-refractivity contribution in [3.8, 4) is 6.01 Å². The van der Waals surface area contributed by atoms with Gasteiger partial charge in [0.15, 0.2) is 5.82 Å². The van der Waals surface area contributed by atoms with Gasteiger partial charge in [0.2, 0.25) is 5.95 Å². The first-order valence-electron chi connectivity index (χ1n) is 7.92. The molecular weight excluding hydrogens is 348 g/mol. The van der Waals surface area contributed by atoms with Gasteiger partial charge in [0.25, 0.3) is 5.91 Å². The van der Waals surface area contributed by atoms with Gasteiger partial charge in [0, 0.05) is 13.1 Å². The number of morpholine rings is 1. The lowest BCUT2D eigenvalue weighted by Gasteiger charge is -2.26. The molecule has 0 atom stereocenters. The van der Waals surface area contributed by atoms with E-state index in [1.54, 1.807) is 0 Å². The molecule has 8 nitrogen and oxygen atoms in total. The standard InChI is InChI=1S/C16H17F2N5O3/c1-25-16-21-12(20-15(22-16)23-5-7-26-8-6-23)9-19-14(24)13-10(17)3-2-4-11(13)18/h2-4H,5-9H2,1H3,(H,19,24). The second-order valence-corrected chi connectivity index (χ2v) is 5.42. The molecule has 0 bridgehead atoms. The molecule has 0 aliphatic carbocycles. The Bertz CT molecular complexity index is 779. The highest BCUT2D eigenvalue weighted by Gasteiger charge is 2.19. The first-order chi connectivity index (χ1) is 12.6. The van der Waals surface area contributed by atoms with Crippen molar-refractivity contribution in [2.45, 2.75) is 6.54 Å². The maximum absolute atomic E-state index is 13.7. The molecule has 1 amide bonds. The summed E-state index contributed by atoms with van der Waals surface area (Å²) in [5, 5.41) is 2.41. The SMILES string of the molecule is COc1nc(CNC(=O)c2c(F)cccc2F)nc(N2CCOCC2)n1. The molecule has 0 unspecified atom stereocenters. The monoisotopic (exact) mass is 365 g/mol. The molecule has 3 rings (SSSR count). The van der Waals surface area contributed by atoms with E-state index < -0.39 is 23.1 Å². The van der Waals surface area contributed by atoms with Crippen LogP contribution in [0.2, 0.25) is 0 Å². The largest absolute Gasteiger partial charge is 0.467 e. The predicted octanol–water partition coefficient (Wildman–Crippen LogP) is 0.925. The van der Waals surface area contributed by atoms with Gasteiger partial charge in [0.1, 0.15) is 17.2 Å². The quantitative estimate of drug-likeness (QED) is 0.843. The van der Waals surface area contributed by atoms with Crippen molar-refractivity contribution >= 4 is 11.9 Å². The molecule has 0 radical (unpaired) electrons. The average molecular weight is 365 g/mol. The summed E-state index contributed by atoms with van der Waals surface area (Å²) in [6.45, 7) is 2.18. The number of anilines is 1. The van der Waals surface area contributed by atoms with Gasteiger partial charge in [-0.25, -0.2) is 8.78 Å². The van der Waals surface area contributed by atoms with Crippen LogP contribution in [0.5, 0.6) is 6.01 Å². The van der Waals surface area contributed by atoms with Crippen molar-refractivity contribution in [2.24, 2.45) is 0 Å². The number of nitrogens with one attached hydrogen (secondary N) is 1. The molecule has 0 spiro atoms. The molecule has 138 valence electrons. The maximum atomic E-state index is 13.7. The first kappa shape index (κ1) is 17.9. The topological polar surface area (TPSA) is 89.5 Å². The minimum atomic E-state index is -0.940. The van der Waals surface area contributed by atoms with E-state index in [-0.39, 0.29) is 18.4 Å². The smallest absolute Gasteiger partial charge is 0.321 e. The summed E-state index contributed by atoms with van der Waals surface area (Å²) in [5.41, 5.74) is -0.651. The summed E-state index contributed by atoms with van der Waals surface area (Å²) in [6.07, 6.45) is 0. The van der Waals surface area contributed by atoms with Crippen molar-refractivity contribution < 1.29 is 23.0 Å². The summed E-state index contributed by atoms with van der Waals surface area (Å²) in [5.74, 6) is -2.17. The average Bonchev–Trinajstić information content (AvgIpc) is 2.66. The Morgan fingerprint density at radius 1 is 1.23 bits per heavy atom. The number of halogens is 2. The van der Waals surface area contributed by atoms with Crippen LogP contribution in [0, 0.1) is 11.6 Å². The van der Waals surface area contributed by atoms with Crippen molar-refractivity contribution in [2.75, 3.05) is 38.3 Å². The Kier molecular flexibility index (Phi) is 5.52. The molecule has 1 aliphatic rings. The van der Waals surface area contributed by atoms with Crippen molar-refractivity contribution in [1.29, 1.82) is 0 Å². The number of rotatable bonds is 5. The Balaban J connectivity index is 1.75. The zero-order valence-electron chi connectivity index (χ0n) is 14.0. The predicted molar refractivity (Wildman–Crippen MR) is 86.9 cm³/mol. The van der Waals surface area contributed by atoms with Gasteiger partial charge in [-0.3, -0.25) is 4.79 Å². The Hall–Kier alpha value is -2.88. The minimum absolute atomic E-state index is 0.0859.